The van der Waals surface area contributed by atoms with Gasteiger partial charge >= 0.3 is 0 Å². The summed E-state index contributed by atoms with van der Waals surface area (Å²) < 4.78 is 4.66. The maximum Gasteiger partial charge on any atom is 0.138 e. The molecule has 0 N–H and O–H groups in total. The van der Waals surface area contributed by atoms with Crippen LogP contribution in [0.2, 0.25) is 4.34 Å². The van der Waals surface area contributed by atoms with Crippen LogP contribution in [0, 0.1) is 11.8 Å². The van der Waals surface area contributed by atoms with Crippen LogP contribution in [-0.4, -0.2) is 27.6 Å². The molecule has 88 valence electrons. The molecule has 0 radical (unpaired) electrons. The first-order chi connectivity index (χ1) is 7.81. The number of hydrogen-bond acceptors (Lipinski definition) is 4. The zero-order valence-electron chi connectivity index (χ0n) is 9.23. The van der Waals surface area contributed by atoms with Crippen molar-refractivity contribution < 1.29 is 0 Å². The minimum Gasteiger partial charge on any atom is -0.297 e. The van der Waals surface area contributed by atoms with E-state index < -0.39 is 0 Å². The summed E-state index contributed by atoms with van der Waals surface area (Å²) in [5.74, 6) is 1.87. The summed E-state index contributed by atoms with van der Waals surface area (Å²) in [5, 5.41) is 4.11. The molecule has 0 atom stereocenters. The van der Waals surface area contributed by atoms with E-state index in [9.17, 15) is 0 Å². The Morgan fingerprint density at radius 1 is 1.19 bits per heavy atom. The van der Waals surface area contributed by atoms with Gasteiger partial charge in [0.1, 0.15) is 10.0 Å². The van der Waals surface area contributed by atoms with Gasteiger partial charge in [-0.1, -0.05) is 16.1 Å². The van der Waals surface area contributed by atoms with Gasteiger partial charge in [0.25, 0.3) is 0 Å². The van der Waals surface area contributed by atoms with Gasteiger partial charge in [-0.3, -0.25) is 4.90 Å². The van der Waals surface area contributed by atoms with Crippen LogP contribution < -0.4 is 0 Å². The maximum absolute atomic E-state index is 6.06. The van der Waals surface area contributed by atoms with Gasteiger partial charge in [0.2, 0.25) is 0 Å². The summed E-state index contributed by atoms with van der Waals surface area (Å²) in [6.45, 7) is 3.34. The van der Waals surface area contributed by atoms with E-state index in [1.54, 1.807) is 0 Å². The normalized spacial score (nSPS) is 20.6. The van der Waals surface area contributed by atoms with Gasteiger partial charge in [-0.05, 0) is 37.5 Å². The van der Waals surface area contributed by atoms with Crippen molar-refractivity contribution in [2.75, 3.05) is 13.1 Å². The Hall–Kier alpha value is -0.190. The molecule has 1 aromatic heterocycles. The molecule has 0 aliphatic heterocycles. The first-order valence-electron chi connectivity index (χ1n) is 6.00. The van der Waals surface area contributed by atoms with Crippen LogP contribution in [0.25, 0.3) is 0 Å². The van der Waals surface area contributed by atoms with Gasteiger partial charge in [0.05, 0.1) is 0 Å². The number of nitrogens with zero attached hydrogens (tertiary/aromatic N) is 3. The second-order valence-electron chi connectivity index (χ2n) is 5.07. The number of hydrogen-bond donors (Lipinski definition) is 0. The zero-order chi connectivity index (χ0) is 11.0. The van der Waals surface area contributed by atoms with Crippen LogP contribution in [0.15, 0.2) is 0 Å². The highest BCUT2D eigenvalue weighted by Crippen LogP contribution is 2.34. The fourth-order valence-electron chi connectivity index (χ4n) is 2.04. The predicted molar refractivity (Wildman–Crippen MR) is 65.6 cm³/mol. The third kappa shape index (κ3) is 2.93. The lowest BCUT2D eigenvalue weighted by molar-refractivity contribution is 0.241. The summed E-state index contributed by atoms with van der Waals surface area (Å²) >= 11 is 7.35. The van der Waals surface area contributed by atoms with Crippen molar-refractivity contribution in [3.8, 4) is 0 Å². The highest BCUT2D eigenvalue weighted by Gasteiger charge is 2.29. The van der Waals surface area contributed by atoms with Crippen molar-refractivity contribution in [2.24, 2.45) is 11.8 Å². The Bertz CT molecular complexity index is 346. The van der Waals surface area contributed by atoms with Crippen molar-refractivity contribution in [3.63, 3.8) is 0 Å². The third-order valence-corrected chi connectivity index (χ3v) is 4.29. The molecule has 2 aliphatic carbocycles. The average Bonchev–Trinajstić information content (AvgIpc) is 3.14. The lowest BCUT2D eigenvalue weighted by atomic mass is 10.3. The maximum atomic E-state index is 6.06. The molecule has 1 aromatic rings. The summed E-state index contributed by atoms with van der Waals surface area (Å²) in [6.07, 6.45) is 5.63. The van der Waals surface area contributed by atoms with Crippen molar-refractivity contribution >= 4 is 23.1 Å². The van der Waals surface area contributed by atoms with Gasteiger partial charge in [0, 0.05) is 31.2 Å². The van der Waals surface area contributed by atoms with Crippen molar-refractivity contribution in [3.05, 3.63) is 10.0 Å². The molecule has 1 heterocycles. The lowest BCUT2D eigenvalue weighted by Crippen LogP contribution is -2.28. The molecule has 0 bridgehead atoms. The first-order valence-corrected chi connectivity index (χ1v) is 7.15. The summed E-state index contributed by atoms with van der Waals surface area (Å²) in [6, 6.07) is 0. The van der Waals surface area contributed by atoms with E-state index in [0.29, 0.717) is 0 Å². The minimum absolute atomic E-state index is 0.761. The monoisotopic (exact) mass is 257 g/mol. The second kappa shape index (κ2) is 4.59. The smallest absolute Gasteiger partial charge is 0.138 e. The Morgan fingerprint density at radius 3 is 2.25 bits per heavy atom. The van der Waals surface area contributed by atoms with E-state index in [1.807, 2.05) is 0 Å². The van der Waals surface area contributed by atoms with E-state index in [2.05, 4.69) is 14.5 Å². The van der Waals surface area contributed by atoms with Gasteiger partial charge in [-0.15, -0.1) is 5.10 Å². The topological polar surface area (TPSA) is 29.0 Å². The van der Waals surface area contributed by atoms with E-state index in [4.69, 9.17) is 11.6 Å². The molecule has 2 aliphatic rings. The van der Waals surface area contributed by atoms with E-state index >= 15 is 0 Å². The molecule has 0 amide bonds. The summed E-state index contributed by atoms with van der Waals surface area (Å²) in [4.78, 5) is 2.53. The predicted octanol–water partition coefficient (Wildman–Crippen LogP) is 2.81. The molecule has 0 unspecified atom stereocenters. The van der Waals surface area contributed by atoms with Crippen molar-refractivity contribution in [1.29, 1.82) is 0 Å². The van der Waals surface area contributed by atoms with Crippen LogP contribution in [0.5, 0.6) is 0 Å². The van der Waals surface area contributed by atoms with Gasteiger partial charge in [-0.2, -0.15) is 0 Å². The van der Waals surface area contributed by atoms with Crippen molar-refractivity contribution in [2.45, 2.75) is 32.2 Å². The van der Waals surface area contributed by atoms with Crippen LogP contribution in [0.4, 0.5) is 0 Å². The highest BCUT2D eigenvalue weighted by atomic mass is 35.5. The fourth-order valence-corrected chi connectivity index (χ4v) is 2.65. The molecule has 16 heavy (non-hydrogen) atoms. The molecular weight excluding hydrogens is 242 g/mol. The van der Waals surface area contributed by atoms with Crippen LogP contribution >= 0.6 is 23.1 Å². The Balaban J connectivity index is 1.59. The lowest BCUT2D eigenvalue weighted by Gasteiger charge is -2.20. The Morgan fingerprint density at radius 2 is 1.81 bits per heavy atom. The molecule has 0 aromatic carbocycles. The van der Waals surface area contributed by atoms with E-state index in [-0.39, 0.29) is 0 Å². The number of rotatable bonds is 6. The van der Waals surface area contributed by atoms with Crippen LogP contribution in [0.3, 0.4) is 0 Å². The molecule has 2 fully saturated rings. The minimum atomic E-state index is 0.761. The van der Waals surface area contributed by atoms with Gasteiger partial charge in [-0.25, -0.2) is 0 Å². The van der Waals surface area contributed by atoms with E-state index in [0.717, 1.165) is 28.4 Å². The standard InChI is InChI=1S/C11H16ClN3S/c12-11-10(13-14-16-11)7-15(5-8-1-2-8)6-9-3-4-9/h8-9H,1-7H2. The summed E-state index contributed by atoms with van der Waals surface area (Å²) in [5.41, 5.74) is 0.966. The molecule has 3 nitrogen and oxygen atoms in total. The quantitative estimate of drug-likeness (QED) is 0.785. The van der Waals surface area contributed by atoms with Gasteiger partial charge < -0.3 is 0 Å². The molecule has 3 rings (SSSR count). The van der Waals surface area contributed by atoms with Crippen LogP contribution in [0.1, 0.15) is 31.4 Å². The number of halogens is 1. The Labute approximate surface area is 105 Å². The largest absolute Gasteiger partial charge is 0.297 e. The van der Waals surface area contributed by atoms with Crippen molar-refractivity contribution in [1.82, 2.24) is 14.5 Å². The molecule has 0 spiro atoms. The highest BCUT2D eigenvalue weighted by molar-refractivity contribution is 7.10. The van der Waals surface area contributed by atoms with Crippen LogP contribution in [-0.2, 0) is 6.54 Å². The average molecular weight is 258 g/mol. The third-order valence-electron chi connectivity index (χ3n) is 3.31. The van der Waals surface area contributed by atoms with Gasteiger partial charge in [0.15, 0.2) is 0 Å². The number of aromatic nitrogens is 2. The Kier molecular flexibility index (Phi) is 3.14. The zero-order valence-corrected chi connectivity index (χ0v) is 10.8. The molecule has 2 saturated carbocycles. The SMILES string of the molecule is Clc1snnc1CN(CC1CC1)CC1CC1. The summed E-state index contributed by atoms with van der Waals surface area (Å²) in [7, 11) is 0. The molecule has 5 heteroatoms. The second-order valence-corrected chi connectivity index (χ2v) is 6.43. The molecule has 0 saturated heterocycles. The fraction of sp³-hybridized carbons (Fsp3) is 0.818. The molecular formula is C11H16ClN3S. The first kappa shape index (κ1) is 10.9. The van der Waals surface area contributed by atoms with E-state index in [1.165, 1.54) is 50.3 Å².